The average molecular weight is 221 g/mol. The van der Waals surface area contributed by atoms with Gasteiger partial charge in [-0.15, -0.1) is 11.3 Å². The lowest BCUT2D eigenvalue weighted by atomic mass is 9.78. The van der Waals surface area contributed by atoms with E-state index in [9.17, 15) is 5.26 Å². The highest BCUT2D eigenvalue weighted by Crippen LogP contribution is 2.34. The molecule has 1 aliphatic heterocycles. The van der Waals surface area contributed by atoms with Gasteiger partial charge in [-0.2, -0.15) is 5.26 Å². The van der Waals surface area contributed by atoms with Crippen LogP contribution in [0.15, 0.2) is 17.5 Å². The van der Waals surface area contributed by atoms with E-state index >= 15 is 0 Å². The summed E-state index contributed by atoms with van der Waals surface area (Å²) in [6.45, 7) is 1.50. The van der Waals surface area contributed by atoms with Crippen LogP contribution in [0.1, 0.15) is 24.1 Å². The zero-order valence-corrected chi connectivity index (χ0v) is 9.55. The third-order valence-electron chi connectivity index (χ3n) is 3.12. The van der Waals surface area contributed by atoms with Crippen molar-refractivity contribution in [1.82, 2.24) is 0 Å². The van der Waals surface area contributed by atoms with E-state index in [1.165, 1.54) is 4.88 Å². The molecule has 1 saturated heterocycles. The van der Waals surface area contributed by atoms with Crippen molar-refractivity contribution < 1.29 is 4.74 Å². The van der Waals surface area contributed by atoms with E-state index in [4.69, 9.17) is 4.74 Å². The normalized spacial score (nSPS) is 19.7. The molecule has 0 N–H and O–H groups in total. The fourth-order valence-electron chi connectivity index (χ4n) is 2.00. The molecule has 0 saturated carbocycles. The van der Waals surface area contributed by atoms with Crippen molar-refractivity contribution in [3.05, 3.63) is 22.4 Å². The van der Waals surface area contributed by atoms with Gasteiger partial charge in [0, 0.05) is 18.1 Å². The molecule has 15 heavy (non-hydrogen) atoms. The molecule has 1 fully saturated rings. The summed E-state index contributed by atoms with van der Waals surface area (Å²) in [4.78, 5) is 1.39. The first-order valence-electron chi connectivity index (χ1n) is 5.36. The third-order valence-corrected chi connectivity index (χ3v) is 4.05. The van der Waals surface area contributed by atoms with Gasteiger partial charge >= 0.3 is 0 Å². The smallest absolute Gasteiger partial charge is 0.0691 e. The lowest BCUT2D eigenvalue weighted by Crippen LogP contribution is -2.28. The minimum atomic E-state index is -0.123. The van der Waals surface area contributed by atoms with Crippen molar-refractivity contribution in [2.24, 2.45) is 5.41 Å². The van der Waals surface area contributed by atoms with Crippen LogP contribution in [0.25, 0.3) is 0 Å². The molecule has 1 aliphatic rings. The van der Waals surface area contributed by atoms with Crippen molar-refractivity contribution >= 4 is 11.3 Å². The second-order valence-electron chi connectivity index (χ2n) is 4.08. The molecule has 0 aliphatic carbocycles. The van der Waals surface area contributed by atoms with E-state index in [-0.39, 0.29) is 5.41 Å². The van der Waals surface area contributed by atoms with E-state index < -0.39 is 0 Å². The van der Waals surface area contributed by atoms with Gasteiger partial charge in [0.15, 0.2) is 0 Å². The van der Waals surface area contributed by atoms with Gasteiger partial charge in [-0.25, -0.2) is 0 Å². The summed E-state index contributed by atoms with van der Waals surface area (Å²) in [6, 6.07) is 6.72. The maximum absolute atomic E-state index is 9.27. The molecule has 80 valence electrons. The van der Waals surface area contributed by atoms with Gasteiger partial charge in [-0.3, -0.25) is 0 Å². The van der Waals surface area contributed by atoms with Crippen molar-refractivity contribution in [1.29, 1.82) is 5.26 Å². The molecular weight excluding hydrogens is 206 g/mol. The minimum absolute atomic E-state index is 0.123. The van der Waals surface area contributed by atoms with E-state index in [1.807, 2.05) is 0 Å². The van der Waals surface area contributed by atoms with Crippen LogP contribution in [0.5, 0.6) is 0 Å². The summed E-state index contributed by atoms with van der Waals surface area (Å²) >= 11 is 1.78. The molecule has 0 aromatic carbocycles. The number of rotatable bonds is 3. The molecule has 0 bridgehead atoms. The summed E-state index contributed by atoms with van der Waals surface area (Å²) in [5.41, 5.74) is -0.123. The van der Waals surface area contributed by atoms with Gasteiger partial charge in [-0.1, -0.05) is 6.07 Å². The molecule has 0 atom stereocenters. The highest BCUT2D eigenvalue weighted by molar-refractivity contribution is 7.09. The second kappa shape index (κ2) is 4.78. The highest BCUT2D eigenvalue weighted by Gasteiger charge is 2.32. The number of hydrogen-bond donors (Lipinski definition) is 0. The van der Waals surface area contributed by atoms with Gasteiger partial charge in [0.2, 0.25) is 0 Å². The van der Waals surface area contributed by atoms with Crippen molar-refractivity contribution in [3.8, 4) is 6.07 Å². The predicted molar refractivity (Wildman–Crippen MR) is 60.7 cm³/mol. The number of hydrogen-bond acceptors (Lipinski definition) is 3. The van der Waals surface area contributed by atoms with Gasteiger partial charge in [0.25, 0.3) is 0 Å². The Balaban J connectivity index is 1.93. The molecule has 0 unspecified atom stereocenters. The molecule has 0 spiro atoms. The molecule has 2 rings (SSSR count). The molecule has 1 aromatic rings. The van der Waals surface area contributed by atoms with E-state index in [1.54, 1.807) is 11.3 Å². The van der Waals surface area contributed by atoms with E-state index in [0.717, 1.165) is 38.9 Å². The van der Waals surface area contributed by atoms with E-state index in [2.05, 4.69) is 23.6 Å². The quantitative estimate of drug-likeness (QED) is 0.786. The van der Waals surface area contributed by atoms with Crippen LogP contribution in [0.4, 0.5) is 0 Å². The summed E-state index contributed by atoms with van der Waals surface area (Å²) in [5.74, 6) is 0. The molecule has 2 nitrogen and oxygen atoms in total. The van der Waals surface area contributed by atoms with Crippen molar-refractivity contribution in [2.45, 2.75) is 25.7 Å². The van der Waals surface area contributed by atoms with Gasteiger partial charge in [0.1, 0.15) is 0 Å². The SMILES string of the molecule is N#CC1(CCc2cccs2)CCOCC1. The topological polar surface area (TPSA) is 33.0 Å². The lowest BCUT2D eigenvalue weighted by Gasteiger charge is -2.30. The third kappa shape index (κ3) is 2.58. The monoisotopic (exact) mass is 221 g/mol. The maximum atomic E-state index is 9.27. The Bertz CT molecular complexity index is 333. The Morgan fingerprint density at radius 1 is 1.47 bits per heavy atom. The lowest BCUT2D eigenvalue weighted by molar-refractivity contribution is 0.0372. The molecule has 1 aromatic heterocycles. The predicted octanol–water partition coefficient (Wildman–Crippen LogP) is 3.00. The van der Waals surface area contributed by atoms with Crippen LogP contribution >= 0.6 is 11.3 Å². The summed E-state index contributed by atoms with van der Waals surface area (Å²) in [5, 5.41) is 11.4. The van der Waals surface area contributed by atoms with Crippen LogP contribution in [-0.2, 0) is 11.2 Å². The Kier molecular flexibility index (Phi) is 3.40. The minimum Gasteiger partial charge on any atom is -0.381 e. The first kappa shape index (κ1) is 10.7. The van der Waals surface area contributed by atoms with Crippen LogP contribution in [0.3, 0.4) is 0 Å². The Morgan fingerprint density at radius 3 is 2.87 bits per heavy atom. The molecule has 2 heterocycles. The second-order valence-corrected chi connectivity index (χ2v) is 5.12. The van der Waals surface area contributed by atoms with E-state index in [0.29, 0.717) is 0 Å². The zero-order chi connectivity index (χ0) is 10.6. The van der Waals surface area contributed by atoms with Crippen LogP contribution in [0.2, 0.25) is 0 Å². The Hall–Kier alpha value is -0.850. The molecule has 0 amide bonds. The molecule has 0 radical (unpaired) electrons. The summed E-state index contributed by atoms with van der Waals surface area (Å²) < 4.78 is 5.32. The fraction of sp³-hybridized carbons (Fsp3) is 0.583. The number of thiophene rings is 1. The Morgan fingerprint density at radius 2 is 2.27 bits per heavy atom. The van der Waals surface area contributed by atoms with Crippen LogP contribution in [-0.4, -0.2) is 13.2 Å². The number of ether oxygens (including phenoxy) is 1. The first-order valence-corrected chi connectivity index (χ1v) is 6.24. The summed E-state index contributed by atoms with van der Waals surface area (Å²) in [6.07, 6.45) is 3.81. The number of aryl methyl sites for hydroxylation is 1. The molecular formula is C12H15NOS. The standard InChI is InChI=1S/C12H15NOS/c13-10-12(5-7-14-8-6-12)4-3-11-2-1-9-15-11/h1-2,9H,3-8H2. The first-order chi connectivity index (χ1) is 7.35. The summed E-state index contributed by atoms with van der Waals surface area (Å²) in [7, 11) is 0. The highest BCUT2D eigenvalue weighted by atomic mass is 32.1. The largest absolute Gasteiger partial charge is 0.381 e. The van der Waals surface area contributed by atoms with Crippen LogP contribution in [0, 0.1) is 16.7 Å². The van der Waals surface area contributed by atoms with Gasteiger partial charge in [-0.05, 0) is 37.1 Å². The molecule has 3 heteroatoms. The van der Waals surface area contributed by atoms with Crippen LogP contribution < -0.4 is 0 Å². The number of nitriles is 1. The fourth-order valence-corrected chi connectivity index (χ4v) is 2.71. The number of nitrogens with zero attached hydrogens (tertiary/aromatic N) is 1. The van der Waals surface area contributed by atoms with Crippen molar-refractivity contribution in [3.63, 3.8) is 0 Å². The van der Waals surface area contributed by atoms with Gasteiger partial charge in [0.05, 0.1) is 11.5 Å². The van der Waals surface area contributed by atoms with Crippen molar-refractivity contribution in [2.75, 3.05) is 13.2 Å². The average Bonchev–Trinajstić information content (AvgIpc) is 2.81. The Labute approximate surface area is 94.5 Å². The maximum Gasteiger partial charge on any atom is 0.0691 e. The van der Waals surface area contributed by atoms with Gasteiger partial charge < -0.3 is 4.74 Å². The zero-order valence-electron chi connectivity index (χ0n) is 8.74.